The predicted molar refractivity (Wildman–Crippen MR) is 95.1 cm³/mol. The first-order valence-electron chi connectivity index (χ1n) is 8.46. The molecule has 1 fully saturated rings. The molecule has 7 nitrogen and oxygen atoms in total. The number of pyridine rings is 1. The second-order valence-corrected chi connectivity index (χ2v) is 6.53. The quantitative estimate of drug-likeness (QED) is 0.619. The molecule has 0 aliphatic heterocycles. The van der Waals surface area contributed by atoms with Gasteiger partial charge in [0.15, 0.2) is 5.65 Å². The molecule has 0 spiro atoms. The molecule has 5 rings (SSSR count). The maximum Gasteiger partial charge on any atom is 0.241 e. The van der Waals surface area contributed by atoms with Gasteiger partial charge in [-0.25, -0.2) is 19.5 Å². The number of nitrogens with zero attached hydrogens (tertiary/aromatic N) is 6. The van der Waals surface area contributed by atoms with Crippen molar-refractivity contribution in [2.24, 2.45) is 5.92 Å². The largest absolute Gasteiger partial charge is 0.350 e. The second kappa shape index (κ2) is 5.47. The molecule has 4 aromatic rings. The van der Waals surface area contributed by atoms with Gasteiger partial charge in [0.1, 0.15) is 5.52 Å². The summed E-state index contributed by atoms with van der Waals surface area (Å²) in [6.07, 6.45) is 11.5. The number of aromatic nitrogens is 6. The molecular weight excluding hydrogens is 314 g/mol. The average molecular weight is 331 g/mol. The number of rotatable bonds is 4. The summed E-state index contributed by atoms with van der Waals surface area (Å²) in [5.74, 6) is 1.42. The van der Waals surface area contributed by atoms with Crippen LogP contribution < -0.4 is 5.32 Å². The zero-order valence-electron chi connectivity index (χ0n) is 13.8. The summed E-state index contributed by atoms with van der Waals surface area (Å²) in [4.78, 5) is 17.4. The molecule has 4 aromatic heterocycles. The molecule has 0 unspecified atom stereocenters. The Morgan fingerprint density at radius 2 is 2.00 bits per heavy atom. The number of hydrogen-bond acceptors (Lipinski definition) is 6. The smallest absolute Gasteiger partial charge is 0.241 e. The van der Waals surface area contributed by atoms with Crippen molar-refractivity contribution in [2.75, 3.05) is 5.32 Å². The van der Waals surface area contributed by atoms with E-state index in [0.29, 0.717) is 17.6 Å². The van der Waals surface area contributed by atoms with E-state index in [0.717, 1.165) is 28.1 Å². The summed E-state index contributed by atoms with van der Waals surface area (Å²) >= 11 is 0. The summed E-state index contributed by atoms with van der Waals surface area (Å²) in [6, 6.07) is 4.43. The van der Waals surface area contributed by atoms with Crippen LogP contribution in [0.15, 0.2) is 43.1 Å². The molecule has 1 aliphatic carbocycles. The molecule has 0 radical (unpaired) electrons. The third kappa shape index (κ3) is 2.57. The van der Waals surface area contributed by atoms with E-state index in [1.807, 2.05) is 35.2 Å². The third-order valence-electron chi connectivity index (χ3n) is 4.74. The van der Waals surface area contributed by atoms with Gasteiger partial charge in [0.05, 0.1) is 11.7 Å². The van der Waals surface area contributed by atoms with Crippen LogP contribution in [0.5, 0.6) is 0 Å². The number of hydrogen-bond donors (Lipinski definition) is 1. The van der Waals surface area contributed by atoms with Crippen LogP contribution in [-0.4, -0.2) is 35.6 Å². The van der Waals surface area contributed by atoms with Crippen LogP contribution in [0.25, 0.3) is 27.8 Å². The SMILES string of the molecule is C[C@H](Nc1ncc2c(-c3cnc4nccnc4c3)ccn2n1)C1CC1. The van der Waals surface area contributed by atoms with E-state index >= 15 is 0 Å². The molecule has 25 heavy (non-hydrogen) atoms. The molecule has 0 amide bonds. The number of nitrogens with one attached hydrogen (secondary N) is 1. The molecule has 0 saturated heterocycles. The van der Waals surface area contributed by atoms with Gasteiger partial charge in [-0.2, -0.15) is 0 Å². The Labute approximate surface area is 144 Å². The Balaban J connectivity index is 1.52. The molecule has 0 aromatic carbocycles. The zero-order chi connectivity index (χ0) is 16.8. The highest BCUT2D eigenvalue weighted by molar-refractivity contribution is 5.84. The van der Waals surface area contributed by atoms with Crippen LogP contribution in [0.2, 0.25) is 0 Å². The van der Waals surface area contributed by atoms with Crippen LogP contribution in [-0.2, 0) is 0 Å². The third-order valence-corrected chi connectivity index (χ3v) is 4.74. The standard InChI is InChI=1S/C18H17N7/c1-11(12-2-3-12)23-18-22-10-16-14(4-7-25(16)24-18)13-8-15-17(21-9-13)20-6-5-19-15/h4-12H,2-3H2,1H3,(H,23,24)/t11-/m0/s1. The molecule has 1 N–H and O–H groups in total. The molecular formula is C18H17N7. The normalized spacial score (nSPS) is 15.6. The van der Waals surface area contributed by atoms with E-state index in [4.69, 9.17) is 0 Å². The summed E-state index contributed by atoms with van der Waals surface area (Å²) in [5.41, 5.74) is 4.37. The topological polar surface area (TPSA) is 80.9 Å². The minimum absolute atomic E-state index is 0.413. The van der Waals surface area contributed by atoms with Crippen molar-refractivity contribution < 1.29 is 0 Å². The monoisotopic (exact) mass is 331 g/mol. The number of anilines is 1. The molecule has 0 bridgehead atoms. The maximum atomic E-state index is 4.58. The fourth-order valence-electron chi connectivity index (χ4n) is 3.13. The van der Waals surface area contributed by atoms with Crippen LogP contribution in [0.4, 0.5) is 5.95 Å². The lowest BCUT2D eigenvalue weighted by Gasteiger charge is -2.12. The van der Waals surface area contributed by atoms with E-state index in [2.05, 4.69) is 37.3 Å². The Hall–Kier alpha value is -3.09. The van der Waals surface area contributed by atoms with Gasteiger partial charge in [-0.15, -0.1) is 5.10 Å². The molecule has 4 heterocycles. The molecule has 1 atom stereocenters. The van der Waals surface area contributed by atoms with E-state index in [-0.39, 0.29) is 0 Å². The van der Waals surface area contributed by atoms with E-state index < -0.39 is 0 Å². The molecule has 1 saturated carbocycles. The van der Waals surface area contributed by atoms with Gasteiger partial charge in [0.25, 0.3) is 0 Å². The minimum atomic E-state index is 0.413. The van der Waals surface area contributed by atoms with Gasteiger partial charge < -0.3 is 5.32 Å². The van der Waals surface area contributed by atoms with Crippen molar-refractivity contribution >= 4 is 22.6 Å². The minimum Gasteiger partial charge on any atom is -0.350 e. The average Bonchev–Trinajstić information content (AvgIpc) is 3.41. The van der Waals surface area contributed by atoms with Gasteiger partial charge in [-0.05, 0) is 37.8 Å². The Kier molecular flexibility index (Phi) is 3.12. The Morgan fingerprint density at radius 3 is 2.88 bits per heavy atom. The maximum absolute atomic E-state index is 4.58. The van der Waals surface area contributed by atoms with Gasteiger partial charge in [-0.1, -0.05) is 0 Å². The first kappa shape index (κ1) is 14.3. The summed E-state index contributed by atoms with van der Waals surface area (Å²) in [6.45, 7) is 2.19. The lowest BCUT2D eigenvalue weighted by atomic mass is 10.1. The van der Waals surface area contributed by atoms with E-state index in [1.54, 1.807) is 12.4 Å². The summed E-state index contributed by atoms with van der Waals surface area (Å²) in [5, 5.41) is 7.98. The highest BCUT2D eigenvalue weighted by Crippen LogP contribution is 2.33. The van der Waals surface area contributed by atoms with Crippen LogP contribution in [0, 0.1) is 5.92 Å². The summed E-state index contributed by atoms with van der Waals surface area (Å²) in [7, 11) is 0. The van der Waals surface area contributed by atoms with E-state index in [1.165, 1.54) is 12.8 Å². The van der Waals surface area contributed by atoms with Crippen molar-refractivity contribution in [3.05, 3.63) is 43.1 Å². The first-order valence-corrected chi connectivity index (χ1v) is 8.46. The van der Waals surface area contributed by atoms with Crippen molar-refractivity contribution in [2.45, 2.75) is 25.8 Å². The fraction of sp³-hybridized carbons (Fsp3) is 0.278. The fourth-order valence-corrected chi connectivity index (χ4v) is 3.13. The van der Waals surface area contributed by atoms with Crippen LogP contribution >= 0.6 is 0 Å². The molecule has 1 aliphatic rings. The predicted octanol–water partition coefficient (Wildman–Crippen LogP) is 2.94. The lowest BCUT2D eigenvalue weighted by Crippen LogP contribution is -2.19. The zero-order valence-corrected chi connectivity index (χ0v) is 13.8. The van der Waals surface area contributed by atoms with Crippen molar-refractivity contribution in [3.8, 4) is 11.1 Å². The van der Waals surface area contributed by atoms with Gasteiger partial charge >= 0.3 is 0 Å². The molecule has 124 valence electrons. The highest BCUT2D eigenvalue weighted by atomic mass is 15.3. The van der Waals surface area contributed by atoms with Gasteiger partial charge in [-0.3, -0.25) is 4.98 Å². The first-order chi connectivity index (χ1) is 12.3. The van der Waals surface area contributed by atoms with E-state index in [9.17, 15) is 0 Å². The number of fused-ring (bicyclic) bond motifs is 2. The van der Waals surface area contributed by atoms with Crippen LogP contribution in [0.3, 0.4) is 0 Å². The second-order valence-electron chi connectivity index (χ2n) is 6.53. The van der Waals surface area contributed by atoms with Crippen molar-refractivity contribution in [1.82, 2.24) is 29.5 Å². The Morgan fingerprint density at radius 1 is 1.12 bits per heavy atom. The lowest BCUT2D eigenvalue weighted by molar-refractivity contribution is 0.681. The van der Waals surface area contributed by atoms with Crippen molar-refractivity contribution in [3.63, 3.8) is 0 Å². The summed E-state index contributed by atoms with van der Waals surface area (Å²) < 4.78 is 1.85. The van der Waals surface area contributed by atoms with Gasteiger partial charge in [0.2, 0.25) is 5.95 Å². The van der Waals surface area contributed by atoms with Crippen LogP contribution in [0.1, 0.15) is 19.8 Å². The Bertz CT molecular complexity index is 1070. The molecule has 7 heteroatoms. The highest BCUT2D eigenvalue weighted by Gasteiger charge is 2.28. The van der Waals surface area contributed by atoms with Crippen molar-refractivity contribution in [1.29, 1.82) is 0 Å². The van der Waals surface area contributed by atoms with Gasteiger partial charge in [0, 0.05) is 42.0 Å².